The van der Waals surface area contributed by atoms with Gasteiger partial charge < -0.3 is 24.8 Å². The first-order valence-electron chi connectivity index (χ1n) is 18.4. The average molecular weight is 743 g/mol. The molecule has 1 saturated heterocycles. The summed E-state index contributed by atoms with van der Waals surface area (Å²) in [5.74, 6) is -0.315. The van der Waals surface area contributed by atoms with E-state index in [1.165, 1.54) is 80.8 Å². The molecule has 284 valence electrons. The van der Waals surface area contributed by atoms with Gasteiger partial charge in [0, 0.05) is 6.61 Å². The summed E-state index contributed by atoms with van der Waals surface area (Å²) in [4.78, 5) is 14.5. The third kappa shape index (κ3) is 12.9. The first-order valence-corrected chi connectivity index (χ1v) is 19.9. The molecule has 1 aliphatic heterocycles. The van der Waals surface area contributed by atoms with Crippen LogP contribution in [0.25, 0.3) is 5.52 Å². The minimum atomic E-state index is -4.59. The number of nitrogen functional groups attached to an aromatic ring is 1. The van der Waals surface area contributed by atoms with Crippen LogP contribution in [-0.2, 0) is 40.0 Å². The number of hydrogen-bond donors (Lipinski definition) is 2. The predicted octanol–water partition coefficient (Wildman–Crippen LogP) is 7.66. The highest BCUT2D eigenvalue weighted by Gasteiger charge is 2.45. The van der Waals surface area contributed by atoms with Crippen LogP contribution in [0.1, 0.15) is 114 Å². The summed E-state index contributed by atoms with van der Waals surface area (Å²) in [6.45, 7) is 2.05. The Hall–Kier alpha value is -3.46. The van der Waals surface area contributed by atoms with E-state index < -0.39 is 31.4 Å². The highest BCUT2D eigenvalue weighted by Crippen LogP contribution is 2.46. The van der Waals surface area contributed by atoms with E-state index in [9.17, 15) is 24.4 Å². The van der Waals surface area contributed by atoms with Crippen LogP contribution in [0.3, 0.4) is 0 Å². The summed E-state index contributed by atoms with van der Waals surface area (Å²) < 4.78 is 56.8. The molecule has 0 bridgehead atoms. The van der Waals surface area contributed by atoms with Gasteiger partial charge >= 0.3 is 7.82 Å². The Morgan fingerprint density at radius 2 is 1.77 bits per heavy atom. The number of anilines is 1. The van der Waals surface area contributed by atoms with Crippen molar-refractivity contribution < 1.29 is 37.1 Å². The number of unbranched alkanes of at least 4 members (excludes halogenated alkanes) is 11. The summed E-state index contributed by atoms with van der Waals surface area (Å²) in [7, 11) is -4.59. The van der Waals surface area contributed by atoms with Crippen molar-refractivity contribution in [2.45, 2.75) is 121 Å². The first kappa shape index (κ1) is 41.3. The number of phosphoric acid groups is 1. The number of phosphoric ester groups is 1. The summed E-state index contributed by atoms with van der Waals surface area (Å²) in [5, 5.41) is 23.5. The second-order valence-corrected chi connectivity index (χ2v) is 14.7. The lowest BCUT2D eigenvalue weighted by Gasteiger charge is -2.23. The number of nitrogens with two attached hydrogens (primary N) is 1. The fourth-order valence-electron chi connectivity index (χ4n) is 6.28. The summed E-state index contributed by atoms with van der Waals surface area (Å²) in [6, 6.07) is 11.4. The second-order valence-electron chi connectivity index (χ2n) is 13.3. The van der Waals surface area contributed by atoms with Crippen LogP contribution in [0.4, 0.5) is 10.2 Å². The van der Waals surface area contributed by atoms with Crippen LogP contribution in [0.5, 0.6) is 0 Å². The molecule has 15 heteroatoms. The number of rotatable bonds is 25. The van der Waals surface area contributed by atoms with E-state index in [0.29, 0.717) is 36.2 Å². The number of hydrogen-bond acceptors (Lipinski definition) is 11. The quantitative estimate of drug-likeness (QED) is 0.0638. The molecule has 1 aromatic carbocycles. The van der Waals surface area contributed by atoms with Crippen molar-refractivity contribution in [3.63, 3.8) is 0 Å². The Labute approximate surface area is 305 Å². The molecular formula is C37H52FN6O7P. The fraction of sp³-hybridized carbons (Fsp3) is 0.622. The van der Waals surface area contributed by atoms with E-state index in [1.807, 2.05) is 6.07 Å². The van der Waals surface area contributed by atoms with Crippen molar-refractivity contribution in [3.05, 3.63) is 59.3 Å². The van der Waals surface area contributed by atoms with Crippen molar-refractivity contribution in [2.24, 2.45) is 0 Å². The molecule has 0 radical (unpaired) electrons. The maximum Gasteiger partial charge on any atom is 0.472 e. The number of halogens is 1. The maximum atomic E-state index is 14.0. The number of nitriles is 2. The third-order valence-corrected chi connectivity index (χ3v) is 10.1. The van der Waals surface area contributed by atoms with Crippen LogP contribution in [0, 0.1) is 28.5 Å². The van der Waals surface area contributed by atoms with E-state index in [2.05, 4.69) is 23.1 Å². The van der Waals surface area contributed by atoms with Gasteiger partial charge in [0.05, 0.1) is 49.9 Å². The average Bonchev–Trinajstić information content (AvgIpc) is 3.78. The van der Waals surface area contributed by atoms with Crippen LogP contribution in [0.15, 0.2) is 36.7 Å². The van der Waals surface area contributed by atoms with Crippen molar-refractivity contribution in [3.8, 4) is 12.1 Å². The first-order chi connectivity index (χ1) is 25.2. The molecule has 1 aliphatic rings. The van der Waals surface area contributed by atoms with Crippen molar-refractivity contribution >= 4 is 19.2 Å². The molecule has 13 nitrogen and oxygen atoms in total. The number of benzene rings is 1. The molecule has 3 aromatic rings. The lowest BCUT2D eigenvalue weighted by molar-refractivity contribution is -0.0560. The molecule has 3 heterocycles. The smallest absolute Gasteiger partial charge is 0.382 e. The molecule has 1 unspecified atom stereocenters. The van der Waals surface area contributed by atoms with Gasteiger partial charge in [0.25, 0.3) is 0 Å². The molecule has 3 N–H and O–H groups in total. The number of fused-ring (bicyclic) bond motifs is 1. The van der Waals surface area contributed by atoms with Crippen molar-refractivity contribution in [1.29, 1.82) is 10.5 Å². The molecule has 0 aliphatic carbocycles. The van der Waals surface area contributed by atoms with Crippen LogP contribution in [0.2, 0.25) is 0 Å². The van der Waals surface area contributed by atoms with Crippen LogP contribution in [-0.4, -0.2) is 58.1 Å². The topological polar surface area (TPSA) is 187 Å². The molecule has 4 atom stereocenters. The Kier molecular flexibility index (Phi) is 16.9. The van der Waals surface area contributed by atoms with Gasteiger partial charge in [-0.3, -0.25) is 9.05 Å². The summed E-state index contributed by atoms with van der Waals surface area (Å²) in [6.07, 6.45) is 15.2. The standard InChI is InChI=1S/C37H52FN6O7P/c1-2-3-4-5-6-7-8-9-10-11-12-13-18-47-24-33(48-23-30-19-29(22-39)20-31(38)21-30)26-50-52(45,46)49-25-32-16-17-37(27-40,51-32)35-15-14-34-36(41)42-28-43-44(34)35/h14-15,19-21,28,32-33H,2-13,16-18,23-26H2,1H3,(H,45,46)(H2,41,42,43)/t32-,33+,37-/m0/s1. The van der Waals surface area contributed by atoms with Gasteiger partial charge in [-0.15, -0.1) is 0 Å². The van der Waals surface area contributed by atoms with Gasteiger partial charge in [0.1, 0.15) is 29.8 Å². The highest BCUT2D eigenvalue weighted by molar-refractivity contribution is 7.47. The molecule has 52 heavy (non-hydrogen) atoms. The normalized spacial score (nSPS) is 19.0. The van der Waals surface area contributed by atoms with Gasteiger partial charge in [0.15, 0.2) is 11.4 Å². The SMILES string of the molecule is CCCCCCCCCCCCCCOC[C@H](COP(=O)(O)OC[C@@H]1CC[C@](C#N)(c2ccc3c(N)ncnn23)O1)OCc1cc(F)cc(C#N)c1. The van der Waals surface area contributed by atoms with E-state index in [-0.39, 0.29) is 37.8 Å². The summed E-state index contributed by atoms with van der Waals surface area (Å²) in [5.41, 5.74) is 6.15. The van der Waals surface area contributed by atoms with Crippen LogP contribution < -0.4 is 5.73 Å². The van der Waals surface area contributed by atoms with Crippen molar-refractivity contribution in [1.82, 2.24) is 14.6 Å². The van der Waals surface area contributed by atoms with E-state index in [4.69, 9.17) is 29.0 Å². The zero-order valence-electron chi connectivity index (χ0n) is 30.1. The molecule has 0 amide bonds. The molecule has 1 fully saturated rings. The van der Waals surface area contributed by atoms with E-state index in [1.54, 1.807) is 12.1 Å². The van der Waals surface area contributed by atoms with E-state index >= 15 is 0 Å². The number of nitrogens with zero attached hydrogens (tertiary/aromatic N) is 5. The molecule has 0 spiro atoms. The molecule has 0 saturated carbocycles. The zero-order chi connectivity index (χ0) is 37.2. The Morgan fingerprint density at radius 1 is 1.06 bits per heavy atom. The summed E-state index contributed by atoms with van der Waals surface area (Å²) >= 11 is 0. The minimum absolute atomic E-state index is 0.0637. The monoisotopic (exact) mass is 742 g/mol. The fourth-order valence-corrected chi connectivity index (χ4v) is 7.06. The van der Waals surface area contributed by atoms with Gasteiger partial charge in [-0.25, -0.2) is 18.5 Å². The lowest BCUT2D eigenvalue weighted by Crippen LogP contribution is -2.28. The van der Waals surface area contributed by atoms with Gasteiger partial charge in [-0.1, -0.05) is 77.6 Å². The zero-order valence-corrected chi connectivity index (χ0v) is 31.0. The Morgan fingerprint density at radius 3 is 2.46 bits per heavy atom. The van der Waals surface area contributed by atoms with E-state index in [0.717, 1.165) is 25.3 Å². The highest BCUT2D eigenvalue weighted by atomic mass is 31.2. The number of ether oxygens (including phenoxy) is 3. The Bertz CT molecular complexity index is 1680. The molecule has 4 rings (SSSR count). The molecule has 2 aromatic heterocycles. The van der Waals surface area contributed by atoms with Gasteiger partial charge in [-0.2, -0.15) is 15.6 Å². The second kappa shape index (κ2) is 21.3. The Balaban J connectivity index is 1.22. The lowest BCUT2D eigenvalue weighted by atomic mass is 9.98. The largest absolute Gasteiger partial charge is 0.472 e. The predicted molar refractivity (Wildman–Crippen MR) is 192 cm³/mol. The van der Waals surface area contributed by atoms with Gasteiger partial charge in [-0.05, 0) is 55.2 Å². The van der Waals surface area contributed by atoms with Crippen LogP contribution >= 0.6 is 7.82 Å². The van der Waals surface area contributed by atoms with Gasteiger partial charge in [0.2, 0.25) is 0 Å². The molecular weight excluding hydrogens is 690 g/mol. The minimum Gasteiger partial charge on any atom is -0.382 e. The number of aromatic nitrogens is 3. The van der Waals surface area contributed by atoms with Crippen molar-refractivity contribution in [2.75, 3.05) is 32.2 Å². The third-order valence-electron chi connectivity index (χ3n) is 9.13. The maximum absolute atomic E-state index is 14.0.